The van der Waals surface area contributed by atoms with Crippen molar-refractivity contribution in [2.45, 2.75) is 19.1 Å². The van der Waals surface area contributed by atoms with E-state index < -0.39 is 0 Å². The number of carbonyl (C=O) groups excluding carboxylic acids is 1. The van der Waals surface area contributed by atoms with Gasteiger partial charge in [0.2, 0.25) is 0 Å². The summed E-state index contributed by atoms with van der Waals surface area (Å²) < 4.78 is 11.4. The van der Waals surface area contributed by atoms with E-state index in [0.717, 1.165) is 10.6 Å². The van der Waals surface area contributed by atoms with E-state index in [4.69, 9.17) is 9.47 Å². The van der Waals surface area contributed by atoms with Gasteiger partial charge in [-0.3, -0.25) is 0 Å². The number of hydrogen-bond donors (Lipinski definition) is 2. The molecular formula is C16H18N2O3S. The molecule has 0 radical (unpaired) electrons. The number of thiophene rings is 1. The van der Waals surface area contributed by atoms with Crippen LogP contribution in [0.1, 0.15) is 17.8 Å². The Morgan fingerprint density at radius 3 is 2.91 bits per heavy atom. The second kappa shape index (κ2) is 6.70. The predicted octanol–water partition coefficient (Wildman–Crippen LogP) is 2.95. The van der Waals surface area contributed by atoms with Gasteiger partial charge in [-0.1, -0.05) is 18.2 Å². The Morgan fingerprint density at radius 2 is 2.14 bits per heavy atom. The molecule has 2 N–H and O–H groups in total. The van der Waals surface area contributed by atoms with Crippen LogP contribution in [0.4, 0.5) is 4.79 Å². The van der Waals surface area contributed by atoms with Crippen molar-refractivity contribution >= 4 is 17.4 Å². The molecule has 1 aliphatic rings. The lowest BCUT2D eigenvalue weighted by Crippen LogP contribution is -2.44. The minimum Gasteiger partial charge on any atom is -0.486 e. The summed E-state index contributed by atoms with van der Waals surface area (Å²) in [6, 6.07) is 11.3. The number of urea groups is 1. The number of para-hydroxylation sites is 2. The van der Waals surface area contributed by atoms with Gasteiger partial charge < -0.3 is 20.1 Å². The Kier molecular flexibility index (Phi) is 4.48. The molecule has 0 aliphatic carbocycles. The third-order valence-electron chi connectivity index (χ3n) is 3.38. The molecule has 5 nitrogen and oxygen atoms in total. The van der Waals surface area contributed by atoms with Crippen LogP contribution >= 0.6 is 11.3 Å². The molecule has 0 saturated carbocycles. The smallest absolute Gasteiger partial charge is 0.315 e. The molecular weight excluding hydrogens is 300 g/mol. The fourth-order valence-corrected chi connectivity index (χ4v) is 2.96. The van der Waals surface area contributed by atoms with Gasteiger partial charge in [0, 0.05) is 4.88 Å². The zero-order chi connectivity index (χ0) is 15.4. The Morgan fingerprint density at radius 1 is 1.32 bits per heavy atom. The molecule has 2 heterocycles. The Labute approximate surface area is 133 Å². The summed E-state index contributed by atoms with van der Waals surface area (Å²) in [5, 5.41) is 7.73. The summed E-state index contributed by atoms with van der Waals surface area (Å²) in [5.74, 6) is 1.46. The average molecular weight is 318 g/mol. The molecule has 1 aliphatic heterocycles. The minimum absolute atomic E-state index is 0.00995. The van der Waals surface area contributed by atoms with Crippen molar-refractivity contribution < 1.29 is 14.3 Å². The van der Waals surface area contributed by atoms with Gasteiger partial charge in [-0.15, -0.1) is 11.3 Å². The maximum Gasteiger partial charge on any atom is 0.315 e. The van der Waals surface area contributed by atoms with Crippen LogP contribution in [-0.2, 0) is 0 Å². The monoisotopic (exact) mass is 318 g/mol. The summed E-state index contributed by atoms with van der Waals surface area (Å²) in [5.41, 5.74) is 0. The lowest BCUT2D eigenvalue weighted by atomic mass is 10.2. The second-order valence-electron chi connectivity index (χ2n) is 5.09. The maximum absolute atomic E-state index is 11.9. The number of benzene rings is 1. The van der Waals surface area contributed by atoms with Crippen LogP contribution in [0.15, 0.2) is 41.8 Å². The molecule has 2 atom stereocenters. The van der Waals surface area contributed by atoms with Crippen molar-refractivity contribution in [2.24, 2.45) is 0 Å². The van der Waals surface area contributed by atoms with Gasteiger partial charge in [-0.2, -0.15) is 0 Å². The van der Waals surface area contributed by atoms with Gasteiger partial charge in [0.25, 0.3) is 0 Å². The number of fused-ring (bicyclic) bond motifs is 1. The summed E-state index contributed by atoms with van der Waals surface area (Å²) >= 11 is 1.62. The van der Waals surface area contributed by atoms with Crippen LogP contribution < -0.4 is 20.1 Å². The number of amides is 2. The lowest BCUT2D eigenvalue weighted by Gasteiger charge is -2.26. The van der Waals surface area contributed by atoms with E-state index in [9.17, 15) is 4.79 Å². The molecule has 0 bridgehead atoms. The van der Waals surface area contributed by atoms with Crippen molar-refractivity contribution in [3.63, 3.8) is 0 Å². The molecule has 6 heteroatoms. The Balaban J connectivity index is 1.46. The average Bonchev–Trinajstić information content (AvgIpc) is 3.07. The third kappa shape index (κ3) is 3.51. The van der Waals surface area contributed by atoms with Crippen LogP contribution in [0, 0.1) is 0 Å². The highest BCUT2D eigenvalue weighted by Crippen LogP contribution is 2.30. The van der Waals surface area contributed by atoms with Crippen molar-refractivity contribution in [2.75, 3.05) is 13.2 Å². The van der Waals surface area contributed by atoms with Gasteiger partial charge >= 0.3 is 6.03 Å². The molecule has 22 heavy (non-hydrogen) atoms. The number of carbonyl (C=O) groups is 1. The summed E-state index contributed by atoms with van der Waals surface area (Å²) in [6.07, 6.45) is -0.183. The van der Waals surface area contributed by atoms with Crippen LogP contribution in [-0.4, -0.2) is 25.3 Å². The van der Waals surface area contributed by atoms with Gasteiger partial charge in [0.15, 0.2) is 17.6 Å². The van der Waals surface area contributed by atoms with E-state index in [0.29, 0.717) is 18.9 Å². The number of rotatable bonds is 4. The Hall–Kier alpha value is -2.21. The van der Waals surface area contributed by atoms with E-state index >= 15 is 0 Å². The van der Waals surface area contributed by atoms with Crippen LogP contribution in [0.5, 0.6) is 11.5 Å². The zero-order valence-corrected chi connectivity index (χ0v) is 13.1. The Bertz CT molecular complexity index is 630. The topological polar surface area (TPSA) is 59.6 Å². The first-order valence-corrected chi connectivity index (χ1v) is 8.06. The van der Waals surface area contributed by atoms with E-state index in [-0.39, 0.29) is 18.2 Å². The number of nitrogens with one attached hydrogen (secondary N) is 2. The molecule has 2 aromatic rings. The highest BCUT2D eigenvalue weighted by molar-refractivity contribution is 7.10. The second-order valence-corrected chi connectivity index (χ2v) is 6.07. The molecule has 2 amide bonds. The zero-order valence-electron chi connectivity index (χ0n) is 12.2. The predicted molar refractivity (Wildman–Crippen MR) is 85.6 cm³/mol. The van der Waals surface area contributed by atoms with Gasteiger partial charge in [-0.25, -0.2) is 4.79 Å². The van der Waals surface area contributed by atoms with Crippen molar-refractivity contribution in [1.82, 2.24) is 10.6 Å². The van der Waals surface area contributed by atoms with Crippen molar-refractivity contribution in [1.29, 1.82) is 0 Å². The molecule has 1 aromatic heterocycles. The van der Waals surface area contributed by atoms with E-state index in [1.54, 1.807) is 11.3 Å². The van der Waals surface area contributed by atoms with Crippen LogP contribution in [0.2, 0.25) is 0 Å². The molecule has 3 rings (SSSR count). The maximum atomic E-state index is 11.9. The standard InChI is InChI=1S/C16H18N2O3S/c1-11(15-7-4-8-22-15)18-16(19)17-9-12-10-20-13-5-2-3-6-14(13)21-12/h2-8,11-12H,9-10H2,1H3,(H2,17,18,19). The molecule has 116 valence electrons. The summed E-state index contributed by atoms with van der Waals surface area (Å²) in [6.45, 7) is 2.79. The number of ether oxygens (including phenoxy) is 2. The van der Waals surface area contributed by atoms with Gasteiger partial charge in [0.1, 0.15) is 6.61 Å². The minimum atomic E-state index is -0.205. The van der Waals surface area contributed by atoms with Crippen LogP contribution in [0.3, 0.4) is 0 Å². The first-order valence-electron chi connectivity index (χ1n) is 7.18. The molecule has 0 fully saturated rings. The normalized spacial score (nSPS) is 17.6. The fraction of sp³-hybridized carbons (Fsp3) is 0.312. The highest BCUT2D eigenvalue weighted by atomic mass is 32.1. The first-order chi connectivity index (χ1) is 10.7. The van der Waals surface area contributed by atoms with E-state index in [1.807, 2.05) is 48.7 Å². The first kappa shape index (κ1) is 14.7. The summed E-state index contributed by atoms with van der Waals surface area (Å²) in [7, 11) is 0. The molecule has 1 aromatic carbocycles. The number of hydrogen-bond acceptors (Lipinski definition) is 4. The fourth-order valence-electron chi connectivity index (χ4n) is 2.23. The van der Waals surface area contributed by atoms with Crippen molar-refractivity contribution in [3.05, 3.63) is 46.7 Å². The largest absolute Gasteiger partial charge is 0.486 e. The molecule has 2 unspecified atom stereocenters. The van der Waals surface area contributed by atoms with Crippen LogP contribution in [0.25, 0.3) is 0 Å². The van der Waals surface area contributed by atoms with E-state index in [1.165, 1.54) is 0 Å². The SMILES string of the molecule is CC(NC(=O)NCC1COc2ccccc2O1)c1cccs1. The molecule has 0 spiro atoms. The van der Waals surface area contributed by atoms with E-state index in [2.05, 4.69) is 10.6 Å². The third-order valence-corrected chi connectivity index (χ3v) is 4.43. The van der Waals surface area contributed by atoms with Gasteiger partial charge in [0.05, 0.1) is 12.6 Å². The summed E-state index contributed by atoms with van der Waals surface area (Å²) in [4.78, 5) is 13.0. The van der Waals surface area contributed by atoms with Gasteiger partial charge in [-0.05, 0) is 30.5 Å². The highest BCUT2D eigenvalue weighted by Gasteiger charge is 2.21. The quantitative estimate of drug-likeness (QED) is 0.911. The molecule has 0 saturated heterocycles. The lowest BCUT2D eigenvalue weighted by molar-refractivity contribution is 0.0917. The van der Waals surface area contributed by atoms with Crippen molar-refractivity contribution in [3.8, 4) is 11.5 Å².